The van der Waals surface area contributed by atoms with Gasteiger partial charge in [0.2, 0.25) is 0 Å². The number of ether oxygens (including phenoxy) is 3. The Bertz CT molecular complexity index is 440. The van der Waals surface area contributed by atoms with Crippen LogP contribution in [0.15, 0.2) is 0 Å². The number of hydrogen-bond donors (Lipinski definition) is 0. The third-order valence-corrected chi connectivity index (χ3v) is 3.83. The summed E-state index contributed by atoms with van der Waals surface area (Å²) in [6.07, 6.45) is -34.4. The van der Waals surface area contributed by atoms with Crippen molar-refractivity contribution in [3.05, 3.63) is 0 Å². The van der Waals surface area contributed by atoms with Gasteiger partial charge in [-0.15, -0.1) is 0 Å². The normalized spacial score (nSPS) is 26.4. The van der Waals surface area contributed by atoms with Gasteiger partial charge in [-0.25, -0.2) is 0 Å². The van der Waals surface area contributed by atoms with Crippen LogP contribution in [-0.2, 0) is 14.2 Å². The first-order chi connectivity index (χ1) is 11.9. The minimum atomic E-state index is -6.05. The topological polar surface area (TPSA) is 34.3 Å². The third-order valence-electron chi connectivity index (χ3n) is 3.83. The van der Waals surface area contributed by atoms with Crippen molar-refractivity contribution in [2.24, 2.45) is 11.8 Å². The predicted molar refractivity (Wildman–Crippen MR) is 59.3 cm³/mol. The van der Waals surface area contributed by atoms with E-state index in [0.29, 0.717) is 0 Å². The fourth-order valence-electron chi connectivity index (χ4n) is 2.55. The maximum absolute atomic E-state index is 12.9. The van der Waals surface area contributed by atoms with Crippen molar-refractivity contribution < 1.29 is 66.9 Å². The molecule has 0 aromatic rings. The standard InChI is InChI=1S/C12H10F12O3/c13-9(14,15)7(10(16,17)18)5(3-1-25-3)27-6(4-2-26-4)8(11(19,20)21)12(22,23)24/h3-8H,1-2H2. The molecular formula is C12H10F12O3. The lowest BCUT2D eigenvalue weighted by Crippen LogP contribution is -2.54. The molecule has 2 saturated heterocycles. The molecule has 0 aliphatic carbocycles. The van der Waals surface area contributed by atoms with Crippen LogP contribution in [0.25, 0.3) is 0 Å². The highest BCUT2D eigenvalue weighted by Gasteiger charge is 2.68. The Balaban J connectivity index is 2.39. The molecule has 15 heteroatoms. The Morgan fingerprint density at radius 2 is 0.778 bits per heavy atom. The lowest BCUT2D eigenvalue weighted by Gasteiger charge is -2.36. The summed E-state index contributed by atoms with van der Waals surface area (Å²) in [4.78, 5) is 0. The molecule has 4 unspecified atom stereocenters. The second-order valence-electron chi connectivity index (χ2n) is 5.93. The third kappa shape index (κ3) is 5.53. The molecule has 0 spiro atoms. The van der Waals surface area contributed by atoms with Crippen molar-refractivity contribution in [3.8, 4) is 0 Å². The zero-order valence-electron chi connectivity index (χ0n) is 12.6. The van der Waals surface area contributed by atoms with E-state index in [0.717, 1.165) is 0 Å². The van der Waals surface area contributed by atoms with Crippen LogP contribution in [0.4, 0.5) is 52.7 Å². The first-order valence-electron chi connectivity index (χ1n) is 7.09. The highest BCUT2D eigenvalue weighted by molar-refractivity contribution is 4.98. The summed E-state index contributed by atoms with van der Waals surface area (Å²) < 4.78 is 167. The van der Waals surface area contributed by atoms with Gasteiger partial charge in [0.05, 0.1) is 13.2 Å². The first-order valence-corrected chi connectivity index (χ1v) is 7.09. The molecule has 0 bridgehead atoms. The van der Waals surface area contributed by atoms with Gasteiger partial charge in [0.25, 0.3) is 0 Å². The summed E-state index contributed by atoms with van der Waals surface area (Å²) in [5, 5.41) is 0. The minimum absolute atomic E-state index is 0.742. The molecule has 3 nitrogen and oxygen atoms in total. The van der Waals surface area contributed by atoms with Gasteiger partial charge in [-0.3, -0.25) is 0 Å². The first kappa shape index (κ1) is 22.3. The molecule has 0 N–H and O–H groups in total. The number of epoxide rings is 2. The van der Waals surface area contributed by atoms with Gasteiger partial charge in [0.1, 0.15) is 24.4 Å². The molecular weight excluding hydrogens is 420 g/mol. The van der Waals surface area contributed by atoms with Gasteiger partial charge < -0.3 is 14.2 Å². The fraction of sp³-hybridized carbons (Fsp3) is 1.00. The van der Waals surface area contributed by atoms with E-state index in [2.05, 4.69) is 14.2 Å². The molecule has 2 heterocycles. The molecule has 2 aliphatic rings. The van der Waals surface area contributed by atoms with Crippen LogP contribution in [-0.4, -0.2) is 62.3 Å². The smallest absolute Gasteiger partial charge is 0.370 e. The van der Waals surface area contributed by atoms with Crippen LogP contribution >= 0.6 is 0 Å². The fourth-order valence-corrected chi connectivity index (χ4v) is 2.55. The molecule has 0 amide bonds. The zero-order valence-corrected chi connectivity index (χ0v) is 12.6. The summed E-state index contributed by atoms with van der Waals surface area (Å²) >= 11 is 0. The number of halogens is 12. The van der Waals surface area contributed by atoms with Crippen LogP contribution in [0.1, 0.15) is 0 Å². The maximum atomic E-state index is 12.9. The Kier molecular flexibility index (Phi) is 5.65. The van der Waals surface area contributed by atoms with Crippen molar-refractivity contribution in [2.75, 3.05) is 13.2 Å². The second kappa shape index (κ2) is 6.83. The predicted octanol–water partition coefficient (Wildman–Crippen LogP) is 4.02. The lowest BCUT2D eigenvalue weighted by molar-refractivity contribution is -0.341. The molecule has 160 valence electrons. The SMILES string of the molecule is FC(F)(F)C(C(OC(C1CO1)C(C(F)(F)F)C(F)(F)F)C1CO1)C(F)(F)F. The van der Waals surface area contributed by atoms with E-state index in [9.17, 15) is 52.7 Å². The Morgan fingerprint density at radius 1 is 0.556 bits per heavy atom. The van der Waals surface area contributed by atoms with E-state index in [-0.39, 0.29) is 0 Å². The molecule has 2 fully saturated rings. The largest absolute Gasteiger partial charge is 0.403 e. The molecule has 0 aromatic heterocycles. The molecule has 0 aromatic carbocycles. The summed E-state index contributed by atoms with van der Waals surface area (Å²) in [5.74, 6) is -8.67. The van der Waals surface area contributed by atoms with Crippen LogP contribution in [0.5, 0.6) is 0 Å². The lowest BCUT2D eigenvalue weighted by atomic mass is 9.94. The Morgan fingerprint density at radius 3 is 0.926 bits per heavy atom. The number of rotatable bonds is 6. The molecule has 2 rings (SSSR count). The van der Waals surface area contributed by atoms with Crippen LogP contribution < -0.4 is 0 Å². The maximum Gasteiger partial charge on any atom is 0.403 e. The average Bonchev–Trinajstić information content (AvgIpc) is 3.22. The van der Waals surface area contributed by atoms with E-state index in [1.807, 2.05) is 0 Å². The quantitative estimate of drug-likeness (QED) is 0.472. The summed E-state index contributed by atoms with van der Waals surface area (Å²) in [6.45, 7) is -1.48. The van der Waals surface area contributed by atoms with Gasteiger partial charge in [-0.05, 0) is 0 Å². The van der Waals surface area contributed by atoms with Gasteiger partial charge in [0.15, 0.2) is 11.8 Å². The minimum Gasteiger partial charge on any atom is -0.370 e. The summed E-state index contributed by atoms with van der Waals surface area (Å²) in [7, 11) is 0. The highest BCUT2D eigenvalue weighted by Crippen LogP contribution is 2.49. The molecule has 27 heavy (non-hydrogen) atoms. The summed E-state index contributed by atoms with van der Waals surface area (Å²) in [5.41, 5.74) is 0. The molecule has 4 atom stereocenters. The number of alkyl halides is 12. The summed E-state index contributed by atoms with van der Waals surface area (Å²) in [6, 6.07) is 0. The van der Waals surface area contributed by atoms with Crippen molar-refractivity contribution in [3.63, 3.8) is 0 Å². The average molecular weight is 430 g/mol. The van der Waals surface area contributed by atoms with Crippen molar-refractivity contribution >= 4 is 0 Å². The van der Waals surface area contributed by atoms with Crippen LogP contribution in [0.3, 0.4) is 0 Å². The van der Waals surface area contributed by atoms with Gasteiger partial charge in [-0.1, -0.05) is 0 Å². The van der Waals surface area contributed by atoms with E-state index < -0.39 is 74.2 Å². The highest BCUT2D eigenvalue weighted by atomic mass is 19.4. The van der Waals surface area contributed by atoms with E-state index in [4.69, 9.17) is 0 Å². The van der Waals surface area contributed by atoms with E-state index >= 15 is 0 Å². The van der Waals surface area contributed by atoms with Crippen LogP contribution in [0, 0.1) is 11.8 Å². The molecule has 0 radical (unpaired) electrons. The van der Waals surface area contributed by atoms with Gasteiger partial charge in [-0.2, -0.15) is 52.7 Å². The van der Waals surface area contributed by atoms with Gasteiger partial charge in [0, 0.05) is 0 Å². The second-order valence-corrected chi connectivity index (χ2v) is 5.93. The van der Waals surface area contributed by atoms with E-state index in [1.54, 1.807) is 0 Å². The Labute approximate surface area is 142 Å². The number of hydrogen-bond acceptors (Lipinski definition) is 3. The molecule has 0 saturated carbocycles. The van der Waals surface area contributed by atoms with Crippen molar-refractivity contribution in [2.45, 2.75) is 49.1 Å². The molecule has 2 aliphatic heterocycles. The monoisotopic (exact) mass is 430 g/mol. The van der Waals surface area contributed by atoms with Crippen molar-refractivity contribution in [1.82, 2.24) is 0 Å². The Hall–Kier alpha value is -0.960. The van der Waals surface area contributed by atoms with Crippen molar-refractivity contribution in [1.29, 1.82) is 0 Å². The van der Waals surface area contributed by atoms with Crippen LogP contribution in [0.2, 0.25) is 0 Å². The van der Waals surface area contributed by atoms with Gasteiger partial charge >= 0.3 is 24.7 Å². The van der Waals surface area contributed by atoms with E-state index in [1.165, 1.54) is 0 Å². The zero-order chi connectivity index (χ0) is 21.0.